The van der Waals surface area contributed by atoms with Gasteiger partial charge in [0.25, 0.3) is 0 Å². The van der Waals surface area contributed by atoms with E-state index in [0.717, 1.165) is 19.3 Å². The third kappa shape index (κ3) is 24.9. The summed E-state index contributed by atoms with van der Waals surface area (Å²) in [6.45, 7) is 0.347. The second kappa shape index (κ2) is 26.4. The zero-order valence-electron chi connectivity index (χ0n) is 23.3. The summed E-state index contributed by atoms with van der Waals surface area (Å²) in [5.41, 5.74) is 0.662. The Balaban J connectivity index is 0.000000650. The Morgan fingerprint density at radius 2 is 0.718 bits per heavy atom. The number of aliphatic hydroxyl groups excluding tert-OH is 1. The van der Waals surface area contributed by atoms with Crippen molar-refractivity contribution in [1.29, 1.82) is 0 Å². The third-order valence-corrected chi connectivity index (χ3v) is 6.09. The highest BCUT2D eigenvalue weighted by Crippen LogP contribution is 2.13. The van der Waals surface area contributed by atoms with Gasteiger partial charge in [-0.15, -0.1) is 0 Å². The van der Waals surface area contributed by atoms with Crippen molar-refractivity contribution in [2.45, 2.75) is 103 Å². The van der Waals surface area contributed by atoms with Crippen molar-refractivity contribution in [2.75, 3.05) is 6.61 Å². The second-order valence-corrected chi connectivity index (χ2v) is 9.51. The first-order valence-corrected chi connectivity index (χ1v) is 14.3. The van der Waals surface area contributed by atoms with E-state index in [0.29, 0.717) is 24.2 Å². The Labute approximate surface area is 233 Å². The molecule has 0 spiro atoms. The smallest absolute Gasteiger partial charge is 0.335 e. The Bertz CT molecular complexity index is 804. The lowest BCUT2D eigenvalue weighted by Gasteiger charge is -2.03. The second-order valence-electron chi connectivity index (χ2n) is 9.51. The fraction of sp³-hybridized carbons (Fsp3) is 0.531. The molecule has 2 aromatic rings. The number of carboxylic acids is 3. The third-order valence-electron chi connectivity index (χ3n) is 6.09. The molecule has 0 radical (unpaired) electrons. The van der Waals surface area contributed by atoms with Gasteiger partial charge in [-0.25, -0.2) is 9.59 Å². The molecule has 0 atom stereocenters. The Kier molecular flexibility index (Phi) is 24.3. The van der Waals surface area contributed by atoms with Crippen molar-refractivity contribution < 1.29 is 34.8 Å². The number of unbranched alkanes of at least 4 members (excludes halogenated alkanes) is 14. The topological polar surface area (TPSA) is 132 Å². The van der Waals surface area contributed by atoms with Crippen molar-refractivity contribution in [2.24, 2.45) is 0 Å². The molecule has 0 aliphatic carbocycles. The molecule has 0 heterocycles. The molecule has 2 rings (SSSR count). The lowest BCUT2D eigenvalue weighted by atomic mass is 10.0. The van der Waals surface area contributed by atoms with E-state index in [2.05, 4.69) is 0 Å². The van der Waals surface area contributed by atoms with Gasteiger partial charge in [-0.1, -0.05) is 120 Å². The molecule has 0 fully saturated rings. The fourth-order valence-corrected chi connectivity index (χ4v) is 3.85. The summed E-state index contributed by atoms with van der Waals surface area (Å²) in [5.74, 6) is -2.42. The summed E-state index contributed by atoms with van der Waals surface area (Å²) in [6, 6.07) is 16.6. The maximum Gasteiger partial charge on any atom is 0.335 e. The Morgan fingerprint density at radius 3 is 0.949 bits per heavy atom. The van der Waals surface area contributed by atoms with Gasteiger partial charge in [-0.2, -0.15) is 0 Å². The normalized spacial score (nSPS) is 9.97. The van der Waals surface area contributed by atoms with Crippen LogP contribution in [-0.4, -0.2) is 44.9 Å². The van der Waals surface area contributed by atoms with Gasteiger partial charge in [0.1, 0.15) is 0 Å². The van der Waals surface area contributed by atoms with Crippen molar-refractivity contribution >= 4 is 17.9 Å². The molecule has 0 unspecified atom stereocenters. The Hall–Kier alpha value is -3.19. The predicted octanol–water partition coefficient (Wildman–Crippen LogP) is 8.07. The molecule has 7 heteroatoms. The molecule has 4 N–H and O–H groups in total. The number of benzene rings is 2. The number of carbonyl (C=O) groups is 3. The first-order valence-electron chi connectivity index (χ1n) is 14.3. The lowest BCUT2D eigenvalue weighted by molar-refractivity contribution is -0.137. The molecule has 0 aliphatic rings. The number of hydrogen-bond donors (Lipinski definition) is 4. The van der Waals surface area contributed by atoms with Gasteiger partial charge in [0.15, 0.2) is 0 Å². The van der Waals surface area contributed by atoms with E-state index in [1.807, 2.05) is 0 Å². The quantitative estimate of drug-likeness (QED) is 0.131. The van der Waals surface area contributed by atoms with Gasteiger partial charge in [0.05, 0.1) is 11.1 Å². The van der Waals surface area contributed by atoms with E-state index in [9.17, 15) is 14.4 Å². The molecule has 0 aliphatic heterocycles. The summed E-state index contributed by atoms with van der Waals surface area (Å²) in [7, 11) is 0. The molecule has 0 aromatic heterocycles. The van der Waals surface area contributed by atoms with Crippen LogP contribution in [-0.2, 0) is 4.79 Å². The highest BCUT2D eigenvalue weighted by molar-refractivity contribution is 5.87. The van der Waals surface area contributed by atoms with Crippen LogP contribution in [0, 0.1) is 0 Å². The van der Waals surface area contributed by atoms with E-state index in [4.69, 9.17) is 20.4 Å². The monoisotopic (exact) mass is 544 g/mol. The van der Waals surface area contributed by atoms with Crippen LogP contribution < -0.4 is 0 Å². The van der Waals surface area contributed by atoms with Gasteiger partial charge in [-0.05, 0) is 37.1 Å². The van der Waals surface area contributed by atoms with Gasteiger partial charge in [0.2, 0.25) is 0 Å². The molecule has 2 aromatic carbocycles. The number of rotatable bonds is 19. The van der Waals surface area contributed by atoms with Crippen LogP contribution in [0.2, 0.25) is 0 Å². The molecular formula is C32H48O7. The first-order chi connectivity index (χ1) is 18.9. The van der Waals surface area contributed by atoms with Gasteiger partial charge >= 0.3 is 17.9 Å². The highest BCUT2D eigenvalue weighted by Gasteiger charge is 1.98. The standard InChI is InChI=1S/C18H36O3.2C7H6O2/c19-17-15-13-11-9-7-5-3-1-2-4-6-8-10-12-14-16-18(20)21;2*8-7(9)6-4-2-1-3-5-6/h19H,1-17H2,(H,20,21);2*1-5H,(H,8,9). The van der Waals surface area contributed by atoms with Crippen molar-refractivity contribution in [3.63, 3.8) is 0 Å². The molecule has 0 saturated heterocycles. The summed E-state index contributed by atoms with van der Waals surface area (Å²) in [4.78, 5) is 30.7. The summed E-state index contributed by atoms with van der Waals surface area (Å²) >= 11 is 0. The number of hydrogen-bond acceptors (Lipinski definition) is 4. The summed E-state index contributed by atoms with van der Waals surface area (Å²) in [6.07, 6.45) is 19.0. The van der Waals surface area contributed by atoms with E-state index < -0.39 is 17.9 Å². The molecule has 0 saturated carbocycles. The predicted molar refractivity (Wildman–Crippen MR) is 155 cm³/mol. The van der Waals surface area contributed by atoms with Gasteiger partial charge < -0.3 is 20.4 Å². The lowest BCUT2D eigenvalue weighted by Crippen LogP contribution is -1.93. The number of carboxylic acid groups (broad SMARTS) is 3. The summed E-state index contributed by atoms with van der Waals surface area (Å²) in [5, 5.41) is 34.0. The summed E-state index contributed by atoms with van der Waals surface area (Å²) < 4.78 is 0. The molecular weight excluding hydrogens is 496 g/mol. The van der Waals surface area contributed by atoms with Crippen LogP contribution >= 0.6 is 0 Å². The van der Waals surface area contributed by atoms with E-state index in [1.165, 1.54) is 77.0 Å². The molecule has 39 heavy (non-hydrogen) atoms. The molecule has 0 bridgehead atoms. The molecule has 7 nitrogen and oxygen atoms in total. The van der Waals surface area contributed by atoms with Crippen molar-refractivity contribution in [3.05, 3.63) is 71.8 Å². The van der Waals surface area contributed by atoms with Crippen LogP contribution in [0.3, 0.4) is 0 Å². The van der Waals surface area contributed by atoms with Crippen LogP contribution in [0.4, 0.5) is 0 Å². The van der Waals surface area contributed by atoms with Crippen LogP contribution in [0.5, 0.6) is 0 Å². The van der Waals surface area contributed by atoms with Crippen LogP contribution in [0.25, 0.3) is 0 Å². The number of aromatic carboxylic acids is 2. The number of aliphatic carboxylic acids is 1. The maximum atomic E-state index is 10.3. The van der Waals surface area contributed by atoms with Crippen molar-refractivity contribution in [3.8, 4) is 0 Å². The Morgan fingerprint density at radius 1 is 0.436 bits per heavy atom. The average molecular weight is 545 g/mol. The zero-order valence-corrected chi connectivity index (χ0v) is 23.3. The van der Waals surface area contributed by atoms with Gasteiger partial charge in [0, 0.05) is 13.0 Å². The zero-order chi connectivity index (χ0) is 29.0. The minimum Gasteiger partial charge on any atom is -0.481 e. The largest absolute Gasteiger partial charge is 0.481 e. The van der Waals surface area contributed by atoms with E-state index in [-0.39, 0.29) is 0 Å². The minimum absolute atomic E-state index is 0.331. The van der Waals surface area contributed by atoms with Gasteiger partial charge in [-0.3, -0.25) is 4.79 Å². The molecule has 0 amide bonds. The highest BCUT2D eigenvalue weighted by atomic mass is 16.4. The fourth-order valence-electron chi connectivity index (χ4n) is 3.85. The maximum absolute atomic E-state index is 10.3. The van der Waals surface area contributed by atoms with Crippen LogP contribution in [0.15, 0.2) is 60.7 Å². The SMILES string of the molecule is O=C(O)CCCCCCCCCCCCCCCCCO.O=C(O)c1ccccc1.O=C(O)c1ccccc1. The van der Waals surface area contributed by atoms with E-state index in [1.54, 1.807) is 60.7 Å². The minimum atomic E-state index is -0.879. The average Bonchev–Trinajstić information content (AvgIpc) is 2.94. The number of aliphatic hydroxyl groups is 1. The molecule has 218 valence electrons. The van der Waals surface area contributed by atoms with E-state index >= 15 is 0 Å². The van der Waals surface area contributed by atoms with Crippen LogP contribution in [0.1, 0.15) is 123 Å². The first kappa shape index (κ1) is 35.8. The van der Waals surface area contributed by atoms with Crippen molar-refractivity contribution in [1.82, 2.24) is 0 Å².